The Bertz CT molecular complexity index is 853. The number of hydrogen-bond donors (Lipinski definition) is 0. The van der Waals surface area contributed by atoms with Crippen LogP contribution in [-0.4, -0.2) is 46.4 Å². The second-order valence-electron chi connectivity index (χ2n) is 6.85. The first-order valence-electron chi connectivity index (χ1n) is 7.50. The molecule has 0 bridgehead atoms. The van der Waals surface area contributed by atoms with Gasteiger partial charge in [-0.25, -0.2) is 0 Å². The van der Waals surface area contributed by atoms with Crippen molar-refractivity contribution in [3.8, 4) is 5.69 Å². The van der Waals surface area contributed by atoms with Crippen LogP contribution in [0.2, 0.25) is 0 Å². The van der Waals surface area contributed by atoms with Gasteiger partial charge in [-0.1, -0.05) is 0 Å². The molecular formula is C15H19AsN6. The van der Waals surface area contributed by atoms with Crippen LogP contribution in [0.1, 0.15) is 45.4 Å². The van der Waals surface area contributed by atoms with Gasteiger partial charge in [0.25, 0.3) is 0 Å². The number of hydrogen-bond acceptors (Lipinski definition) is 4. The van der Waals surface area contributed by atoms with E-state index in [2.05, 4.69) is 36.0 Å². The van der Waals surface area contributed by atoms with E-state index in [4.69, 9.17) is 4.98 Å². The minimum absolute atomic E-state index is 0.0458. The van der Waals surface area contributed by atoms with E-state index in [9.17, 15) is 0 Å². The maximum absolute atomic E-state index is 4.71. The van der Waals surface area contributed by atoms with Crippen LogP contribution in [0.3, 0.4) is 0 Å². The minimum atomic E-state index is -0.0458. The molecule has 22 heavy (non-hydrogen) atoms. The molecule has 1 atom stereocenters. The fourth-order valence-electron chi connectivity index (χ4n) is 2.50. The summed E-state index contributed by atoms with van der Waals surface area (Å²) in [6, 6.07) is 0. The average Bonchev–Trinajstić information content (AvgIpc) is 3.00. The van der Waals surface area contributed by atoms with Gasteiger partial charge >= 0.3 is 137 Å². The summed E-state index contributed by atoms with van der Waals surface area (Å²) in [5.41, 5.74) is 2.83. The summed E-state index contributed by atoms with van der Waals surface area (Å²) in [7, 11) is 0. The van der Waals surface area contributed by atoms with Gasteiger partial charge in [0.15, 0.2) is 0 Å². The van der Waals surface area contributed by atoms with Gasteiger partial charge in [-0.3, -0.25) is 0 Å². The van der Waals surface area contributed by atoms with E-state index < -0.39 is 0 Å². The number of fused-ring (bicyclic) bond motifs is 1. The van der Waals surface area contributed by atoms with Crippen molar-refractivity contribution in [2.45, 2.75) is 45.1 Å². The molecule has 1 unspecified atom stereocenters. The van der Waals surface area contributed by atoms with Crippen LogP contribution in [0.25, 0.3) is 16.7 Å². The van der Waals surface area contributed by atoms with Crippen LogP contribution in [0, 0.1) is 0 Å². The molecular weight excluding hydrogens is 339 g/mol. The molecule has 0 amide bonds. The molecule has 1 aliphatic carbocycles. The van der Waals surface area contributed by atoms with E-state index in [-0.39, 0.29) is 5.54 Å². The molecule has 7 heteroatoms. The molecule has 4 rings (SSSR count). The van der Waals surface area contributed by atoms with Crippen LogP contribution in [-0.2, 0) is 5.54 Å². The molecule has 1 saturated carbocycles. The molecule has 0 saturated heterocycles. The van der Waals surface area contributed by atoms with Crippen LogP contribution >= 0.6 is 0 Å². The maximum atomic E-state index is 4.71. The summed E-state index contributed by atoms with van der Waals surface area (Å²) in [4.78, 5) is 9.39. The topological polar surface area (TPSA) is 61.4 Å². The van der Waals surface area contributed by atoms with E-state index in [0.717, 1.165) is 27.0 Å². The van der Waals surface area contributed by atoms with Gasteiger partial charge in [0.1, 0.15) is 0 Å². The van der Waals surface area contributed by atoms with Crippen molar-refractivity contribution in [2.24, 2.45) is 0 Å². The van der Waals surface area contributed by atoms with E-state index in [1.54, 1.807) is 0 Å². The van der Waals surface area contributed by atoms with Gasteiger partial charge in [0, 0.05) is 0 Å². The number of rotatable bonds is 2. The third-order valence-electron chi connectivity index (χ3n) is 3.91. The molecule has 6 nitrogen and oxygen atoms in total. The summed E-state index contributed by atoms with van der Waals surface area (Å²) in [6.45, 7) is 6.39. The second-order valence-corrected chi connectivity index (χ2v) is 7.99. The third kappa shape index (κ3) is 2.26. The van der Waals surface area contributed by atoms with Crippen molar-refractivity contribution in [3.05, 3.63) is 24.4 Å². The zero-order valence-corrected chi connectivity index (χ0v) is 15.4. The zero-order valence-electron chi connectivity index (χ0n) is 13.0. The Kier molecular flexibility index (Phi) is 2.95. The Morgan fingerprint density at radius 3 is 2.55 bits per heavy atom. The van der Waals surface area contributed by atoms with E-state index >= 15 is 0 Å². The molecule has 3 heterocycles. The molecule has 0 aliphatic heterocycles. The van der Waals surface area contributed by atoms with Crippen molar-refractivity contribution in [2.75, 3.05) is 0 Å². The van der Waals surface area contributed by atoms with Crippen molar-refractivity contribution in [1.29, 1.82) is 0 Å². The molecule has 0 spiro atoms. The average molecular weight is 358 g/mol. The predicted molar refractivity (Wildman–Crippen MR) is 87.6 cm³/mol. The van der Waals surface area contributed by atoms with Gasteiger partial charge in [0.2, 0.25) is 0 Å². The molecule has 1 fully saturated rings. The standard InChI is InChI=1S/C15H19AsN6/c1-15(2,3)21-8-10(6-17-21)22-12-11(7-18-22)19-14(9-4-5-9)20-13(12)16/h6-9H,4-5,16H2,1-3H3. The Balaban J connectivity index is 1.83. The van der Waals surface area contributed by atoms with Crippen molar-refractivity contribution in [3.63, 3.8) is 0 Å². The summed E-state index contributed by atoms with van der Waals surface area (Å²) in [5, 5.41) is 8.97. The van der Waals surface area contributed by atoms with Crippen LogP contribution in [0.5, 0.6) is 0 Å². The summed E-state index contributed by atoms with van der Waals surface area (Å²) in [5.74, 6) is 1.54. The molecule has 3 aromatic heterocycles. The Labute approximate surface area is 137 Å². The number of aromatic nitrogens is 6. The molecule has 3 aromatic rings. The van der Waals surface area contributed by atoms with Crippen LogP contribution < -0.4 is 4.48 Å². The molecule has 0 aromatic carbocycles. The summed E-state index contributed by atoms with van der Waals surface area (Å²) >= 11 is 1.51. The van der Waals surface area contributed by atoms with Gasteiger partial charge < -0.3 is 0 Å². The zero-order chi connectivity index (χ0) is 15.5. The Morgan fingerprint density at radius 2 is 1.91 bits per heavy atom. The Hall–Kier alpha value is -1.68. The summed E-state index contributed by atoms with van der Waals surface area (Å²) in [6.07, 6.45) is 8.13. The molecule has 0 radical (unpaired) electrons. The first kappa shape index (κ1) is 13.9. The molecule has 114 valence electrons. The number of nitrogens with zero attached hydrogens (tertiary/aromatic N) is 6. The van der Waals surface area contributed by atoms with E-state index in [1.165, 1.54) is 29.7 Å². The normalized spacial score (nSPS) is 15.6. The van der Waals surface area contributed by atoms with E-state index in [0.29, 0.717) is 5.92 Å². The van der Waals surface area contributed by atoms with Gasteiger partial charge in [-0.15, -0.1) is 0 Å². The molecule has 1 aliphatic rings. The second kappa shape index (κ2) is 4.65. The first-order valence-corrected chi connectivity index (χ1v) is 8.71. The monoisotopic (exact) mass is 358 g/mol. The first-order chi connectivity index (χ1) is 10.4. The summed E-state index contributed by atoms with van der Waals surface area (Å²) < 4.78 is 4.90. The predicted octanol–water partition coefficient (Wildman–Crippen LogP) is 0.903. The van der Waals surface area contributed by atoms with E-state index in [1.807, 2.05) is 28.0 Å². The third-order valence-corrected chi connectivity index (χ3v) is 4.75. The van der Waals surface area contributed by atoms with Gasteiger partial charge in [0.05, 0.1) is 0 Å². The van der Waals surface area contributed by atoms with Gasteiger partial charge in [-0.05, 0) is 0 Å². The van der Waals surface area contributed by atoms with Crippen LogP contribution in [0.15, 0.2) is 18.6 Å². The van der Waals surface area contributed by atoms with Crippen LogP contribution in [0.4, 0.5) is 0 Å². The fourth-order valence-corrected chi connectivity index (χ4v) is 3.34. The quantitative estimate of drug-likeness (QED) is 0.639. The van der Waals surface area contributed by atoms with Gasteiger partial charge in [-0.2, -0.15) is 0 Å². The molecule has 0 N–H and O–H groups in total. The Morgan fingerprint density at radius 1 is 1.14 bits per heavy atom. The SMILES string of the molecule is CC(C)(C)n1cc(-n2ncc3nc(C4CC4)nc([AsH2])c32)cn1. The van der Waals surface area contributed by atoms with Crippen molar-refractivity contribution in [1.82, 2.24) is 29.5 Å². The van der Waals surface area contributed by atoms with Crippen molar-refractivity contribution < 1.29 is 0 Å². The fraction of sp³-hybridized carbons (Fsp3) is 0.467. The van der Waals surface area contributed by atoms with Crippen molar-refractivity contribution >= 4 is 32.4 Å².